The van der Waals surface area contributed by atoms with Crippen LogP contribution in [0.3, 0.4) is 0 Å². The number of aromatic amines is 1. The van der Waals surface area contributed by atoms with Crippen LogP contribution >= 0.6 is 11.3 Å². The molecule has 7 nitrogen and oxygen atoms in total. The molecule has 4 aromatic rings. The van der Waals surface area contributed by atoms with Gasteiger partial charge in [-0.3, -0.25) is 5.41 Å². The third kappa shape index (κ3) is 5.63. The number of anilines is 2. The zero-order valence-electron chi connectivity index (χ0n) is 19.8. The fraction of sp³-hybridized carbons (Fsp3) is 0.231. The molecule has 0 amide bonds. The van der Waals surface area contributed by atoms with Crippen molar-refractivity contribution >= 4 is 28.5 Å². The molecule has 0 spiro atoms. The van der Waals surface area contributed by atoms with E-state index in [2.05, 4.69) is 9.97 Å². The van der Waals surface area contributed by atoms with Crippen molar-refractivity contribution in [1.29, 1.82) is 5.41 Å². The Balaban J connectivity index is 1.79. The Labute approximate surface area is 207 Å². The van der Waals surface area contributed by atoms with Gasteiger partial charge in [-0.25, -0.2) is 9.37 Å². The SMILES string of the molecule is CCOc1cc(OC(C)C)c(F)c(N(Cc2ncc(-c3ccsc3)[nH]2)c2ccc(C(=N)N)cc2)c1. The highest BCUT2D eigenvalue weighted by molar-refractivity contribution is 7.08. The number of imidazole rings is 1. The molecule has 0 saturated carbocycles. The second-order valence-corrected chi connectivity index (χ2v) is 8.94. The molecule has 4 N–H and O–H groups in total. The number of nitrogen functional groups attached to an aromatic ring is 1. The number of thiophene rings is 1. The van der Waals surface area contributed by atoms with Gasteiger partial charge in [0.15, 0.2) is 11.6 Å². The van der Waals surface area contributed by atoms with Crippen LogP contribution in [0.1, 0.15) is 32.2 Å². The van der Waals surface area contributed by atoms with Crippen LogP contribution in [0.25, 0.3) is 11.3 Å². The highest BCUT2D eigenvalue weighted by atomic mass is 32.1. The number of aromatic nitrogens is 2. The zero-order valence-corrected chi connectivity index (χ0v) is 20.7. The summed E-state index contributed by atoms with van der Waals surface area (Å²) in [4.78, 5) is 9.67. The van der Waals surface area contributed by atoms with E-state index in [1.54, 1.807) is 58.8 Å². The number of ether oxygens (including phenoxy) is 2. The third-order valence-electron chi connectivity index (χ3n) is 5.22. The summed E-state index contributed by atoms with van der Waals surface area (Å²) in [6, 6.07) is 12.3. The number of rotatable bonds is 10. The van der Waals surface area contributed by atoms with E-state index in [-0.39, 0.29) is 29.9 Å². The highest BCUT2D eigenvalue weighted by Crippen LogP contribution is 2.38. The Kier molecular flexibility index (Phi) is 7.36. The van der Waals surface area contributed by atoms with Gasteiger partial charge in [0.2, 0.25) is 0 Å². The maximum atomic E-state index is 15.8. The van der Waals surface area contributed by atoms with Gasteiger partial charge in [-0.2, -0.15) is 11.3 Å². The normalized spacial score (nSPS) is 11.0. The van der Waals surface area contributed by atoms with E-state index in [1.807, 2.05) is 37.6 Å². The fourth-order valence-corrected chi connectivity index (χ4v) is 4.29. The average molecular weight is 494 g/mol. The van der Waals surface area contributed by atoms with Gasteiger partial charge < -0.3 is 25.1 Å². The summed E-state index contributed by atoms with van der Waals surface area (Å²) in [6.45, 7) is 6.26. The first kappa shape index (κ1) is 24.3. The van der Waals surface area contributed by atoms with Crippen molar-refractivity contribution in [3.63, 3.8) is 0 Å². The van der Waals surface area contributed by atoms with E-state index >= 15 is 4.39 Å². The minimum atomic E-state index is -0.498. The maximum absolute atomic E-state index is 15.8. The van der Waals surface area contributed by atoms with Crippen molar-refractivity contribution in [2.24, 2.45) is 5.73 Å². The van der Waals surface area contributed by atoms with E-state index in [0.717, 1.165) is 11.3 Å². The number of nitrogens with zero attached hydrogens (tertiary/aromatic N) is 2. The van der Waals surface area contributed by atoms with E-state index < -0.39 is 5.82 Å². The summed E-state index contributed by atoms with van der Waals surface area (Å²) in [5, 5.41) is 11.7. The van der Waals surface area contributed by atoms with Gasteiger partial charge in [0.05, 0.1) is 36.8 Å². The van der Waals surface area contributed by atoms with Gasteiger partial charge in [-0.05, 0) is 56.5 Å². The number of amidine groups is 1. The summed E-state index contributed by atoms with van der Waals surface area (Å²) in [5.41, 5.74) is 9.13. The maximum Gasteiger partial charge on any atom is 0.188 e. The molecule has 4 rings (SSSR count). The van der Waals surface area contributed by atoms with Crippen LogP contribution in [0.2, 0.25) is 0 Å². The van der Waals surface area contributed by atoms with Gasteiger partial charge in [-0.1, -0.05) is 0 Å². The van der Waals surface area contributed by atoms with Crippen LogP contribution in [-0.2, 0) is 6.54 Å². The monoisotopic (exact) mass is 493 g/mol. The predicted octanol–water partition coefficient (Wildman–Crippen LogP) is 6.09. The molecular weight excluding hydrogens is 465 g/mol. The molecule has 0 bridgehead atoms. The molecule has 0 unspecified atom stereocenters. The van der Waals surface area contributed by atoms with E-state index in [9.17, 15) is 0 Å². The summed E-state index contributed by atoms with van der Waals surface area (Å²) >= 11 is 1.61. The lowest BCUT2D eigenvalue weighted by molar-refractivity contribution is 0.229. The number of hydrogen-bond donors (Lipinski definition) is 3. The van der Waals surface area contributed by atoms with Crippen molar-refractivity contribution in [3.8, 4) is 22.8 Å². The van der Waals surface area contributed by atoms with Gasteiger partial charge in [0, 0.05) is 34.3 Å². The number of nitrogens with one attached hydrogen (secondary N) is 2. The van der Waals surface area contributed by atoms with Crippen LogP contribution < -0.4 is 20.1 Å². The van der Waals surface area contributed by atoms with Crippen molar-refractivity contribution in [3.05, 3.63) is 76.6 Å². The van der Waals surface area contributed by atoms with Crippen molar-refractivity contribution < 1.29 is 13.9 Å². The molecule has 0 radical (unpaired) electrons. The molecule has 2 heterocycles. The lowest BCUT2D eigenvalue weighted by Gasteiger charge is -2.26. The first-order chi connectivity index (χ1) is 16.9. The minimum Gasteiger partial charge on any atom is -0.494 e. The average Bonchev–Trinajstić information content (AvgIpc) is 3.52. The van der Waals surface area contributed by atoms with E-state index in [1.165, 1.54) is 0 Å². The van der Waals surface area contributed by atoms with Crippen LogP contribution in [0, 0.1) is 11.2 Å². The van der Waals surface area contributed by atoms with Crippen molar-refractivity contribution in [2.45, 2.75) is 33.4 Å². The predicted molar refractivity (Wildman–Crippen MR) is 139 cm³/mol. The standard InChI is InChI=1S/C26H28FN5O2S/c1-4-33-20-11-22(25(27)23(12-20)34-16(2)3)32(19-7-5-17(6-8-19)26(28)29)14-24-30-13-21(31-24)18-9-10-35-15-18/h5-13,15-16H,4,14H2,1-3H3,(H3,28,29)(H,30,31). The first-order valence-corrected chi connectivity index (χ1v) is 12.2. The zero-order chi connectivity index (χ0) is 24.9. The van der Waals surface area contributed by atoms with Crippen LogP contribution in [0.5, 0.6) is 11.5 Å². The molecule has 182 valence electrons. The Morgan fingerprint density at radius 1 is 1.23 bits per heavy atom. The molecule has 0 aliphatic heterocycles. The largest absolute Gasteiger partial charge is 0.494 e. The molecule has 0 aliphatic carbocycles. The quantitative estimate of drug-likeness (QED) is 0.183. The summed E-state index contributed by atoms with van der Waals surface area (Å²) < 4.78 is 27.3. The summed E-state index contributed by atoms with van der Waals surface area (Å²) in [5.74, 6) is 0.747. The van der Waals surface area contributed by atoms with Crippen molar-refractivity contribution in [2.75, 3.05) is 11.5 Å². The minimum absolute atomic E-state index is 0.0355. The molecule has 2 aromatic carbocycles. The Morgan fingerprint density at radius 3 is 2.63 bits per heavy atom. The van der Waals surface area contributed by atoms with E-state index in [4.69, 9.17) is 20.6 Å². The number of nitrogens with two attached hydrogens (primary N) is 1. The Morgan fingerprint density at radius 2 is 2.00 bits per heavy atom. The lowest BCUT2D eigenvalue weighted by atomic mass is 10.1. The highest BCUT2D eigenvalue weighted by Gasteiger charge is 2.22. The number of hydrogen-bond acceptors (Lipinski definition) is 6. The molecule has 9 heteroatoms. The smallest absolute Gasteiger partial charge is 0.188 e. The fourth-order valence-electron chi connectivity index (χ4n) is 3.64. The Bertz CT molecular complexity index is 1290. The topological polar surface area (TPSA) is 100 Å². The first-order valence-electron chi connectivity index (χ1n) is 11.3. The van der Waals surface area contributed by atoms with Crippen molar-refractivity contribution in [1.82, 2.24) is 9.97 Å². The van der Waals surface area contributed by atoms with Crippen LogP contribution in [0.4, 0.5) is 15.8 Å². The van der Waals surface area contributed by atoms with E-state index in [0.29, 0.717) is 29.4 Å². The summed E-state index contributed by atoms with van der Waals surface area (Å²) in [7, 11) is 0. The number of halogens is 1. The van der Waals surface area contributed by atoms with Gasteiger partial charge in [0.25, 0.3) is 0 Å². The van der Waals surface area contributed by atoms with Crippen LogP contribution in [0.15, 0.2) is 59.4 Å². The molecule has 0 aliphatic rings. The molecule has 0 atom stereocenters. The van der Waals surface area contributed by atoms with Gasteiger partial charge >= 0.3 is 0 Å². The lowest BCUT2D eigenvalue weighted by Crippen LogP contribution is -2.20. The molecule has 2 aromatic heterocycles. The van der Waals surface area contributed by atoms with Gasteiger partial charge in [-0.15, -0.1) is 0 Å². The molecular formula is C26H28FN5O2S. The molecule has 0 fully saturated rings. The molecule has 35 heavy (non-hydrogen) atoms. The third-order valence-corrected chi connectivity index (χ3v) is 5.90. The molecule has 0 saturated heterocycles. The second kappa shape index (κ2) is 10.6. The Hall–Kier alpha value is -3.85. The van der Waals surface area contributed by atoms with Crippen LogP contribution in [-0.4, -0.2) is 28.5 Å². The summed E-state index contributed by atoms with van der Waals surface area (Å²) in [6.07, 6.45) is 1.56. The second-order valence-electron chi connectivity index (χ2n) is 8.16. The van der Waals surface area contributed by atoms with Gasteiger partial charge in [0.1, 0.15) is 17.4 Å². The number of H-pyrrole nitrogens is 1. The number of benzene rings is 2.